The number of fused-ring (bicyclic) bond motifs is 5. The lowest BCUT2D eigenvalue weighted by Crippen LogP contribution is -2.33. The van der Waals surface area contributed by atoms with Gasteiger partial charge in [-0.25, -0.2) is 0 Å². The van der Waals surface area contributed by atoms with E-state index in [0.29, 0.717) is 11.3 Å². The number of aromatic nitrogens is 2. The van der Waals surface area contributed by atoms with E-state index in [1.54, 1.807) is 6.08 Å². The van der Waals surface area contributed by atoms with Gasteiger partial charge >= 0.3 is 0 Å². The quantitative estimate of drug-likeness (QED) is 0.231. The second-order valence-electron chi connectivity index (χ2n) is 11.5. The summed E-state index contributed by atoms with van der Waals surface area (Å²) in [5, 5.41) is 0.645. The fourth-order valence-corrected chi connectivity index (χ4v) is 6.76. The van der Waals surface area contributed by atoms with Gasteiger partial charge in [-0.1, -0.05) is 50.3 Å². The van der Waals surface area contributed by atoms with E-state index in [-0.39, 0.29) is 17.0 Å². The number of nitrogens with zero attached hydrogens (tertiary/aromatic N) is 3. The highest BCUT2D eigenvalue weighted by Gasteiger charge is 2.39. The Labute approximate surface area is 234 Å². The van der Waals surface area contributed by atoms with Crippen molar-refractivity contribution < 1.29 is 0 Å². The zero-order valence-electron chi connectivity index (χ0n) is 22.7. The molecule has 0 saturated carbocycles. The minimum Gasteiger partial charge on any atom is -0.324 e. The Bertz CT molecular complexity index is 1430. The Hall–Kier alpha value is -2.54. The van der Waals surface area contributed by atoms with Crippen LogP contribution in [-0.2, 0) is 5.41 Å². The van der Waals surface area contributed by atoms with E-state index in [1.807, 2.05) is 18.2 Å². The van der Waals surface area contributed by atoms with Crippen LogP contribution in [-0.4, -0.2) is 40.1 Å². The maximum atomic E-state index is 13.0. The average Bonchev–Trinajstić information content (AvgIpc) is 3.14. The average molecular weight is 576 g/mol. The highest BCUT2D eigenvalue weighted by molar-refractivity contribution is 9.10. The molecule has 0 amide bonds. The molecule has 5 nitrogen and oxygen atoms in total. The summed E-state index contributed by atoms with van der Waals surface area (Å²) in [7, 11) is 0. The summed E-state index contributed by atoms with van der Waals surface area (Å²) in [6.45, 7) is 15.5. The lowest BCUT2D eigenvalue weighted by molar-refractivity contribution is 0.208. The molecular formula is C32H39BrN4O. The SMILES string of the molecule is C=CC(=C)C(N)CCCCCN1CCC(c2ccc3c(c2)-n2c(nc(=O)c4c(Br)cccc42)C3(C)C)CC1. The van der Waals surface area contributed by atoms with Gasteiger partial charge in [0, 0.05) is 10.5 Å². The third-order valence-electron chi connectivity index (χ3n) is 8.65. The second-order valence-corrected chi connectivity index (χ2v) is 12.3. The Morgan fingerprint density at radius 2 is 1.97 bits per heavy atom. The van der Waals surface area contributed by atoms with Gasteiger partial charge in [-0.05, 0) is 116 Å². The highest BCUT2D eigenvalue weighted by Crippen LogP contribution is 2.44. The number of halogens is 1. The number of nitrogens with two attached hydrogens (primary N) is 1. The summed E-state index contributed by atoms with van der Waals surface area (Å²) >= 11 is 3.58. The smallest absolute Gasteiger partial charge is 0.281 e. The van der Waals surface area contributed by atoms with Crippen molar-refractivity contribution in [2.75, 3.05) is 19.6 Å². The predicted molar refractivity (Wildman–Crippen MR) is 161 cm³/mol. The normalized spacial score (nSPS) is 17.8. The fraction of sp³-hybridized carbons (Fsp3) is 0.438. The van der Waals surface area contributed by atoms with Crippen molar-refractivity contribution in [2.24, 2.45) is 5.73 Å². The van der Waals surface area contributed by atoms with Crippen LogP contribution in [0.1, 0.15) is 75.2 Å². The van der Waals surface area contributed by atoms with Gasteiger partial charge in [-0.3, -0.25) is 9.36 Å². The topological polar surface area (TPSA) is 64.2 Å². The van der Waals surface area contributed by atoms with Crippen molar-refractivity contribution in [3.05, 3.63) is 93.0 Å². The second kappa shape index (κ2) is 10.9. The van der Waals surface area contributed by atoms with E-state index in [9.17, 15) is 4.79 Å². The molecule has 2 aromatic carbocycles. The van der Waals surface area contributed by atoms with E-state index in [1.165, 1.54) is 36.8 Å². The summed E-state index contributed by atoms with van der Waals surface area (Å²) in [4.78, 5) is 20.1. The molecule has 3 aromatic rings. The predicted octanol–water partition coefficient (Wildman–Crippen LogP) is 6.60. The van der Waals surface area contributed by atoms with Crippen LogP contribution in [0.4, 0.5) is 0 Å². The number of hydrogen-bond acceptors (Lipinski definition) is 4. The summed E-state index contributed by atoms with van der Waals surface area (Å²) in [6, 6.07) is 12.9. The van der Waals surface area contributed by atoms with Crippen molar-refractivity contribution in [3.8, 4) is 5.69 Å². The number of piperidine rings is 1. The third kappa shape index (κ3) is 4.94. The minimum absolute atomic E-state index is 0.0453. The number of rotatable bonds is 9. The Kier molecular flexibility index (Phi) is 7.77. The number of likely N-dealkylation sites (tertiary alicyclic amines) is 1. The zero-order valence-corrected chi connectivity index (χ0v) is 24.3. The van der Waals surface area contributed by atoms with E-state index in [4.69, 9.17) is 5.73 Å². The largest absolute Gasteiger partial charge is 0.324 e. The Morgan fingerprint density at radius 3 is 2.71 bits per heavy atom. The fourth-order valence-electron chi connectivity index (χ4n) is 6.23. The van der Waals surface area contributed by atoms with Crippen molar-refractivity contribution >= 4 is 26.8 Å². The molecule has 1 saturated heterocycles. The van der Waals surface area contributed by atoms with Crippen LogP contribution in [0.15, 0.2) is 70.5 Å². The van der Waals surface area contributed by atoms with Crippen LogP contribution in [0, 0.1) is 0 Å². The first-order valence-corrected chi connectivity index (χ1v) is 14.7. The molecule has 200 valence electrons. The van der Waals surface area contributed by atoms with Crippen LogP contribution >= 0.6 is 15.9 Å². The summed E-state index contributed by atoms with van der Waals surface area (Å²) in [5.41, 5.74) is 11.3. The molecule has 2 aliphatic rings. The van der Waals surface area contributed by atoms with Crippen LogP contribution < -0.4 is 11.3 Å². The first-order chi connectivity index (χ1) is 18.2. The van der Waals surface area contributed by atoms with E-state index >= 15 is 0 Å². The van der Waals surface area contributed by atoms with Gasteiger partial charge in [0.2, 0.25) is 0 Å². The molecule has 3 heterocycles. The molecular weight excluding hydrogens is 536 g/mol. The summed E-state index contributed by atoms with van der Waals surface area (Å²) in [5.74, 6) is 1.38. The molecule has 5 rings (SSSR count). The molecule has 1 aromatic heterocycles. The monoisotopic (exact) mass is 574 g/mol. The Morgan fingerprint density at radius 1 is 1.21 bits per heavy atom. The van der Waals surface area contributed by atoms with Gasteiger partial charge in [0.05, 0.1) is 22.0 Å². The molecule has 0 bridgehead atoms. The number of unbranched alkanes of at least 4 members (excludes halogenated alkanes) is 2. The van der Waals surface area contributed by atoms with Crippen molar-refractivity contribution in [1.29, 1.82) is 0 Å². The summed E-state index contributed by atoms with van der Waals surface area (Å²) < 4.78 is 3.01. The van der Waals surface area contributed by atoms with Crippen LogP contribution in [0.2, 0.25) is 0 Å². The maximum absolute atomic E-state index is 13.0. The summed E-state index contributed by atoms with van der Waals surface area (Å²) in [6.07, 6.45) is 8.68. The standard InChI is InChI=1S/C32H39BrN4O/c1-5-21(2)26(34)11-7-6-8-17-36-18-15-22(16-19-36)23-13-14-24-28(20-23)37-27-12-9-10-25(33)29(27)30(38)35-31(37)32(24,3)4/h5,9-10,12-14,20,22,26H,1-2,6-8,11,15-19,34H2,3-4H3. The van der Waals surface area contributed by atoms with Crippen molar-refractivity contribution in [3.63, 3.8) is 0 Å². The van der Waals surface area contributed by atoms with Gasteiger partial charge in [-0.2, -0.15) is 4.98 Å². The van der Waals surface area contributed by atoms with Gasteiger partial charge in [0.1, 0.15) is 5.82 Å². The first-order valence-electron chi connectivity index (χ1n) is 13.9. The number of hydrogen-bond donors (Lipinski definition) is 1. The molecule has 38 heavy (non-hydrogen) atoms. The van der Waals surface area contributed by atoms with Gasteiger partial charge in [0.15, 0.2) is 0 Å². The Balaban J connectivity index is 1.27. The van der Waals surface area contributed by atoms with E-state index < -0.39 is 0 Å². The van der Waals surface area contributed by atoms with E-state index in [0.717, 1.165) is 59.6 Å². The van der Waals surface area contributed by atoms with Gasteiger partial charge in [0.25, 0.3) is 5.56 Å². The van der Waals surface area contributed by atoms with Crippen molar-refractivity contribution in [1.82, 2.24) is 14.5 Å². The molecule has 2 N–H and O–H groups in total. The molecule has 0 aliphatic carbocycles. The maximum Gasteiger partial charge on any atom is 0.281 e. The lowest BCUT2D eigenvalue weighted by atomic mass is 9.83. The molecule has 1 atom stereocenters. The molecule has 1 unspecified atom stereocenters. The van der Waals surface area contributed by atoms with Crippen LogP contribution in [0.3, 0.4) is 0 Å². The molecule has 1 fully saturated rings. The van der Waals surface area contributed by atoms with Gasteiger partial charge in [-0.15, -0.1) is 0 Å². The van der Waals surface area contributed by atoms with Crippen molar-refractivity contribution in [2.45, 2.75) is 69.7 Å². The molecule has 6 heteroatoms. The highest BCUT2D eigenvalue weighted by atomic mass is 79.9. The van der Waals surface area contributed by atoms with Crippen LogP contribution in [0.5, 0.6) is 0 Å². The third-order valence-corrected chi connectivity index (χ3v) is 9.31. The molecule has 0 radical (unpaired) electrons. The first kappa shape index (κ1) is 27.0. The van der Waals surface area contributed by atoms with Crippen LogP contribution in [0.25, 0.3) is 16.6 Å². The van der Waals surface area contributed by atoms with E-state index in [2.05, 4.69) is 75.6 Å². The number of benzene rings is 2. The zero-order chi connectivity index (χ0) is 27.0. The molecule has 2 aliphatic heterocycles. The lowest BCUT2D eigenvalue weighted by Gasteiger charge is -2.32. The minimum atomic E-state index is -0.324. The molecule has 0 spiro atoms. The van der Waals surface area contributed by atoms with Gasteiger partial charge < -0.3 is 10.6 Å².